The van der Waals surface area contributed by atoms with E-state index in [1.165, 1.54) is 0 Å². The van der Waals surface area contributed by atoms with Crippen LogP contribution in [0.15, 0.2) is 12.1 Å². The van der Waals surface area contributed by atoms with E-state index in [1.807, 2.05) is 11.8 Å². The Morgan fingerprint density at radius 2 is 2.32 bits per heavy atom. The molecular formula is C14H17N3O2. The summed E-state index contributed by atoms with van der Waals surface area (Å²) in [5, 5.41) is 9.00. The fourth-order valence-electron chi connectivity index (χ4n) is 1.99. The maximum absolute atomic E-state index is 11.6. The van der Waals surface area contributed by atoms with Crippen molar-refractivity contribution in [2.45, 2.75) is 32.7 Å². The summed E-state index contributed by atoms with van der Waals surface area (Å²) in [6, 6.07) is 5.92. The molecule has 1 saturated carbocycles. The summed E-state index contributed by atoms with van der Waals surface area (Å²) >= 11 is 0. The topological polar surface area (TPSA) is 66.2 Å². The fourth-order valence-corrected chi connectivity index (χ4v) is 1.99. The van der Waals surface area contributed by atoms with E-state index in [-0.39, 0.29) is 12.5 Å². The Balaban J connectivity index is 2.21. The van der Waals surface area contributed by atoms with Crippen molar-refractivity contribution in [3.05, 3.63) is 23.4 Å². The van der Waals surface area contributed by atoms with Gasteiger partial charge in [0.1, 0.15) is 12.4 Å². The largest absolute Gasteiger partial charge is 0.465 e. The second-order valence-corrected chi connectivity index (χ2v) is 4.63. The van der Waals surface area contributed by atoms with Crippen molar-refractivity contribution in [3.8, 4) is 6.07 Å². The third-order valence-corrected chi connectivity index (χ3v) is 2.96. The number of hydrogen-bond acceptors (Lipinski definition) is 5. The molecule has 0 spiro atoms. The molecule has 0 amide bonds. The number of nitriles is 1. The van der Waals surface area contributed by atoms with Gasteiger partial charge in [0.2, 0.25) is 0 Å². The average Bonchev–Trinajstić information content (AvgIpc) is 3.19. The van der Waals surface area contributed by atoms with E-state index < -0.39 is 0 Å². The van der Waals surface area contributed by atoms with Gasteiger partial charge in [-0.15, -0.1) is 0 Å². The molecule has 0 unspecified atom stereocenters. The fraction of sp³-hybridized carbons (Fsp3) is 0.500. The van der Waals surface area contributed by atoms with Gasteiger partial charge < -0.3 is 9.64 Å². The summed E-state index contributed by atoms with van der Waals surface area (Å²) < 4.78 is 4.99. The van der Waals surface area contributed by atoms with E-state index in [1.54, 1.807) is 19.1 Å². The van der Waals surface area contributed by atoms with Gasteiger partial charge in [-0.3, -0.25) is 4.79 Å². The van der Waals surface area contributed by atoms with Crippen LogP contribution in [0.1, 0.15) is 31.0 Å². The number of rotatable bonds is 5. The van der Waals surface area contributed by atoms with Crippen LogP contribution in [0.25, 0.3) is 0 Å². The van der Waals surface area contributed by atoms with E-state index in [4.69, 9.17) is 10.00 Å². The normalized spacial score (nSPS) is 13.7. The minimum Gasteiger partial charge on any atom is -0.465 e. The number of pyridine rings is 1. The quantitative estimate of drug-likeness (QED) is 0.754. The Morgan fingerprint density at radius 3 is 2.89 bits per heavy atom. The number of carbonyl (C=O) groups excluding carboxylic acids is 1. The summed E-state index contributed by atoms with van der Waals surface area (Å²) in [5.74, 6) is 0.434. The zero-order valence-corrected chi connectivity index (χ0v) is 11.2. The molecule has 1 aromatic rings. The Bertz CT molecular complexity index is 518. The molecule has 2 rings (SSSR count). The SMILES string of the molecule is CCOC(=O)CN(c1cc(C#N)cc(C)n1)C1CC1. The highest BCUT2D eigenvalue weighted by Gasteiger charge is 2.32. The van der Waals surface area contributed by atoms with Crippen molar-refractivity contribution in [3.63, 3.8) is 0 Å². The molecule has 1 aliphatic carbocycles. The summed E-state index contributed by atoms with van der Waals surface area (Å²) in [6.07, 6.45) is 2.10. The lowest BCUT2D eigenvalue weighted by Crippen LogP contribution is -2.33. The van der Waals surface area contributed by atoms with Crippen LogP contribution in [0.5, 0.6) is 0 Å². The van der Waals surface area contributed by atoms with Crippen molar-refractivity contribution in [2.24, 2.45) is 0 Å². The molecule has 100 valence electrons. The van der Waals surface area contributed by atoms with Gasteiger partial charge in [0, 0.05) is 11.7 Å². The van der Waals surface area contributed by atoms with Crippen LogP contribution >= 0.6 is 0 Å². The van der Waals surface area contributed by atoms with Gasteiger partial charge in [0.05, 0.1) is 18.2 Å². The van der Waals surface area contributed by atoms with Crippen molar-refractivity contribution in [1.29, 1.82) is 5.26 Å². The second-order valence-electron chi connectivity index (χ2n) is 4.63. The van der Waals surface area contributed by atoms with E-state index in [0.717, 1.165) is 18.5 Å². The average molecular weight is 259 g/mol. The molecule has 0 N–H and O–H groups in total. The lowest BCUT2D eigenvalue weighted by atomic mass is 10.2. The van der Waals surface area contributed by atoms with Crippen molar-refractivity contribution in [1.82, 2.24) is 4.98 Å². The molecule has 5 heteroatoms. The van der Waals surface area contributed by atoms with Crippen LogP contribution in [0.3, 0.4) is 0 Å². The molecule has 1 aromatic heterocycles. The van der Waals surface area contributed by atoms with E-state index in [0.29, 0.717) is 24.0 Å². The Hall–Kier alpha value is -2.09. The predicted octanol–water partition coefficient (Wildman–Crippen LogP) is 1.79. The van der Waals surface area contributed by atoms with Crippen molar-refractivity contribution in [2.75, 3.05) is 18.1 Å². The zero-order valence-electron chi connectivity index (χ0n) is 11.2. The van der Waals surface area contributed by atoms with Gasteiger partial charge in [0.25, 0.3) is 0 Å². The Labute approximate surface area is 112 Å². The second kappa shape index (κ2) is 5.70. The summed E-state index contributed by atoms with van der Waals surface area (Å²) in [5.41, 5.74) is 1.35. The zero-order chi connectivity index (χ0) is 13.8. The van der Waals surface area contributed by atoms with Gasteiger partial charge in [-0.2, -0.15) is 5.26 Å². The maximum atomic E-state index is 11.6. The van der Waals surface area contributed by atoms with Crippen LogP contribution in [0.4, 0.5) is 5.82 Å². The van der Waals surface area contributed by atoms with Crippen LogP contribution in [0, 0.1) is 18.3 Å². The number of nitrogens with zero attached hydrogens (tertiary/aromatic N) is 3. The first kappa shape index (κ1) is 13.3. The lowest BCUT2D eigenvalue weighted by molar-refractivity contribution is -0.141. The highest BCUT2D eigenvalue weighted by molar-refractivity contribution is 5.76. The number of ether oxygens (including phenoxy) is 1. The third-order valence-electron chi connectivity index (χ3n) is 2.96. The lowest BCUT2D eigenvalue weighted by Gasteiger charge is -2.22. The number of carbonyl (C=O) groups is 1. The maximum Gasteiger partial charge on any atom is 0.325 e. The van der Waals surface area contributed by atoms with Gasteiger partial charge in [-0.05, 0) is 38.8 Å². The highest BCUT2D eigenvalue weighted by Crippen LogP contribution is 2.31. The number of aromatic nitrogens is 1. The number of hydrogen-bond donors (Lipinski definition) is 0. The number of anilines is 1. The Kier molecular flexibility index (Phi) is 4.00. The highest BCUT2D eigenvalue weighted by atomic mass is 16.5. The van der Waals surface area contributed by atoms with Crippen LogP contribution < -0.4 is 4.90 Å². The molecule has 0 bridgehead atoms. The molecule has 1 heterocycles. The molecule has 5 nitrogen and oxygen atoms in total. The minimum atomic E-state index is -0.254. The molecule has 0 radical (unpaired) electrons. The van der Waals surface area contributed by atoms with E-state index >= 15 is 0 Å². The van der Waals surface area contributed by atoms with E-state index in [2.05, 4.69) is 11.1 Å². The first-order valence-electron chi connectivity index (χ1n) is 6.45. The number of esters is 1. The smallest absolute Gasteiger partial charge is 0.325 e. The molecule has 1 fully saturated rings. The summed E-state index contributed by atoms with van der Waals surface area (Å²) in [4.78, 5) is 18.0. The predicted molar refractivity (Wildman–Crippen MR) is 70.7 cm³/mol. The monoisotopic (exact) mass is 259 g/mol. The summed E-state index contributed by atoms with van der Waals surface area (Å²) in [6.45, 7) is 4.21. The molecule has 0 saturated heterocycles. The van der Waals surface area contributed by atoms with Crippen molar-refractivity contribution >= 4 is 11.8 Å². The standard InChI is InChI=1S/C14H17N3O2/c1-3-19-14(18)9-17(12-4-5-12)13-7-11(8-15)6-10(2)16-13/h6-7,12H,3-5,9H2,1-2H3. The van der Waals surface area contributed by atoms with Crippen LogP contribution in [-0.2, 0) is 9.53 Å². The third kappa shape index (κ3) is 3.44. The summed E-state index contributed by atoms with van der Waals surface area (Å²) in [7, 11) is 0. The molecule has 0 aromatic carbocycles. The van der Waals surface area contributed by atoms with Gasteiger partial charge in [-0.1, -0.05) is 0 Å². The molecular weight excluding hydrogens is 242 g/mol. The molecule has 0 atom stereocenters. The minimum absolute atomic E-state index is 0.194. The molecule has 0 aliphatic heterocycles. The molecule has 19 heavy (non-hydrogen) atoms. The van der Waals surface area contributed by atoms with Crippen LogP contribution in [0.2, 0.25) is 0 Å². The van der Waals surface area contributed by atoms with Crippen molar-refractivity contribution < 1.29 is 9.53 Å². The molecule has 1 aliphatic rings. The number of aryl methyl sites for hydroxylation is 1. The van der Waals surface area contributed by atoms with Crippen LogP contribution in [-0.4, -0.2) is 30.1 Å². The Morgan fingerprint density at radius 1 is 1.58 bits per heavy atom. The van der Waals surface area contributed by atoms with Gasteiger partial charge >= 0.3 is 5.97 Å². The van der Waals surface area contributed by atoms with E-state index in [9.17, 15) is 4.79 Å². The van der Waals surface area contributed by atoms with Gasteiger partial charge in [-0.25, -0.2) is 4.98 Å². The first-order valence-corrected chi connectivity index (χ1v) is 6.45. The first-order chi connectivity index (χ1) is 9.13. The van der Waals surface area contributed by atoms with Gasteiger partial charge in [0.15, 0.2) is 0 Å².